The Morgan fingerprint density at radius 3 is 2.71 bits per heavy atom. The van der Waals surface area contributed by atoms with Crippen LogP contribution in [0.3, 0.4) is 0 Å². The Labute approximate surface area is 134 Å². The fraction of sp³-hybridized carbons (Fsp3) is 0.0714. The number of anilines is 1. The summed E-state index contributed by atoms with van der Waals surface area (Å²) in [5.41, 5.74) is 1.77. The van der Waals surface area contributed by atoms with Crippen molar-refractivity contribution in [3.63, 3.8) is 0 Å². The molecule has 0 spiro atoms. The van der Waals surface area contributed by atoms with Gasteiger partial charge in [-0.05, 0) is 46.3 Å². The standard InChI is InChI=1S/C14H9BrClN3O2/c15-12-5-9(7-17)1-3-13(12)18-8-10-6-11(16)2-4-14(10)19(20)21/h1-6,18H,8H2. The van der Waals surface area contributed by atoms with E-state index in [0.717, 1.165) is 5.69 Å². The molecule has 0 aromatic heterocycles. The van der Waals surface area contributed by atoms with Crippen molar-refractivity contribution in [3.8, 4) is 6.07 Å². The number of hydrogen-bond donors (Lipinski definition) is 1. The van der Waals surface area contributed by atoms with Crippen LogP contribution in [0.2, 0.25) is 5.02 Å². The summed E-state index contributed by atoms with van der Waals surface area (Å²) in [6.45, 7) is 0.251. The zero-order valence-electron chi connectivity index (χ0n) is 10.6. The summed E-state index contributed by atoms with van der Waals surface area (Å²) in [6, 6.07) is 11.5. The first-order chi connectivity index (χ1) is 10.0. The fourth-order valence-electron chi connectivity index (χ4n) is 1.79. The molecule has 0 saturated carbocycles. The van der Waals surface area contributed by atoms with Gasteiger partial charge >= 0.3 is 0 Å². The van der Waals surface area contributed by atoms with Gasteiger partial charge in [0, 0.05) is 27.8 Å². The number of nitrogens with one attached hydrogen (secondary N) is 1. The predicted octanol–water partition coefficient (Wildman–Crippen LogP) is 4.49. The van der Waals surface area contributed by atoms with E-state index in [4.69, 9.17) is 16.9 Å². The normalized spacial score (nSPS) is 9.95. The van der Waals surface area contributed by atoms with Gasteiger partial charge in [-0.15, -0.1) is 0 Å². The number of nitriles is 1. The highest BCUT2D eigenvalue weighted by Gasteiger charge is 2.14. The first kappa shape index (κ1) is 15.3. The van der Waals surface area contributed by atoms with E-state index in [-0.39, 0.29) is 12.2 Å². The zero-order valence-corrected chi connectivity index (χ0v) is 13.0. The van der Waals surface area contributed by atoms with E-state index in [9.17, 15) is 10.1 Å². The molecule has 0 heterocycles. The Morgan fingerprint density at radius 2 is 2.10 bits per heavy atom. The third-order valence-electron chi connectivity index (χ3n) is 2.81. The maximum atomic E-state index is 11.0. The third-order valence-corrected chi connectivity index (χ3v) is 3.70. The lowest BCUT2D eigenvalue weighted by molar-refractivity contribution is -0.385. The first-order valence-corrected chi connectivity index (χ1v) is 7.04. The molecule has 0 atom stereocenters. The molecule has 0 unspecified atom stereocenters. The number of rotatable bonds is 4. The van der Waals surface area contributed by atoms with Crippen LogP contribution < -0.4 is 5.32 Å². The predicted molar refractivity (Wildman–Crippen MR) is 84.3 cm³/mol. The zero-order chi connectivity index (χ0) is 15.4. The number of benzene rings is 2. The average molecular weight is 367 g/mol. The largest absolute Gasteiger partial charge is 0.380 e. The van der Waals surface area contributed by atoms with Crippen molar-refractivity contribution < 1.29 is 4.92 Å². The van der Waals surface area contributed by atoms with Crippen LogP contribution in [0.15, 0.2) is 40.9 Å². The van der Waals surface area contributed by atoms with Crippen LogP contribution in [0, 0.1) is 21.4 Å². The van der Waals surface area contributed by atoms with Crippen molar-refractivity contribution in [2.75, 3.05) is 5.32 Å². The topological polar surface area (TPSA) is 79.0 Å². The lowest BCUT2D eigenvalue weighted by atomic mass is 10.1. The quantitative estimate of drug-likeness (QED) is 0.638. The van der Waals surface area contributed by atoms with E-state index >= 15 is 0 Å². The molecule has 1 N–H and O–H groups in total. The Kier molecular flexibility index (Phi) is 4.78. The Bertz CT molecular complexity index is 743. The third kappa shape index (κ3) is 3.72. The van der Waals surface area contributed by atoms with Gasteiger partial charge in [0.15, 0.2) is 0 Å². The molecule has 2 rings (SSSR count). The number of halogens is 2. The molecule has 2 aromatic rings. The Morgan fingerprint density at radius 1 is 1.33 bits per heavy atom. The molecule has 0 amide bonds. The monoisotopic (exact) mass is 365 g/mol. The lowest BCUT2D eigenvalue weighted by Gasteiger charge is -2.09. The van der Waals surface area contributed by atoms with E-state index in [1.807, 2.05) is 6.07 Å². The molecule has 7 heteroatoms. The highest BCUT2D eigenvalue weighted by Crippen LogP contribution is 2.27. The molecule has 0 fully saturated rings. The van der Waals surface area contributed by atoms with Crippen LogP contribution in [-0.4, -0.2) is 4.92 Å². The van der Waals surface area contributed by atoms with E-state index in [2.05, 4.69) is 21.2 Å². The average Bonchev–Trinajstić information content (AvgIpc) is 2.45. The molecular weight excluding hydrogens is 358 g/mol. The van der Waals surface area contributed by atoms with E-state index in [0.29, 0.717) is 20.6 Å². The van der Waals surface area contributed by atoms with Crippen molar-refractivity contribution in [3.05, 3.63) is 67.1 Å². The van der Waals surface area contributed by atoms with Gasteiger partial charge in [0.25, 0.3) is 5.69 Å². The summed E-state index contributed by atoms with van der Waals surface area (Å²) in [5.74, 6) is 0. The summed E-state index contributed by atoms with van der Waals surface area (Å²) in [4.78, 5) is 10.5. The molecule has 0 bridgehead atoms. The minimum Gasteiger partial charge on any atom is -0.380 e. The highest BCUT2D eigenvalue weighted by molar-refractivity contribution is 9.10. The van der Waals surface area contributed by atoms with Gasteiger partial charge in [-0.1, -0.05) is 11.6 Å². The van der Waals surface area contributed by atoms with Crippen LogP contribution in [-0.2, 0) is 6.54 Å². The molecule has 0 aliphatic carbocycles. The second kappa shape index (κ2) is 6.57. The molecule has 0 radical (unpaired) electrons. The van der Waals surface area contributed by atoms with E-state index < -0.39 is 4.92 Å². The molecule has 0 aliphatic heterocycles. The van der Waals surface area contributed by atoms with Crippen LogP contribution in [0.4, 0.5) is 11.4 Å². The smallest absolute Gasteiger partial charge is 0.274 e. The summed E-state index contributed by atoms with van der Waals surface area (Å²) in [6.07, 6.45) is 0. The van der Waals surface area contributed by atoms with Crippen molar-refractivity contribution in [2.24, 2.45) is 0 Å². The molecular formula is C14H9BrClN3O2. The fourth-order valence-corrected chi connectivity index (χ4v) is 2.51. The SMILES string of the molecule is N#Cc1ccc(NCc2cc(Cl)ccc2[N+](=O)[O-])c(Br)c1. The van der Waals surface area contributed by atoms with Crippen molar-refractivity contribution >= 4 is 38.9 Å². The minimum absolute atomic E-state index is 0.0108. The van der Waals surface area contributed by atoms with Gasteiger partial charge in [0.2, 0.25) is 0 Å². The number of nitro groups is 1. The van der Waals surface area contributed by atoms with Crippen LogP contribution >= 0.6 is 27.5 Å². The van der Waals surface area contributed by atoms with Gasteiger partial charge in [0.05, 0.1) is 22.1 Å². The van der Waals surface area contributed by atoms with Gasteiger partial charge in [-0.2, -0.15) is 5.26 Å². The van der Waals surface area contributed by atoms with E-state index in [1.54, 1.807) is 24.3 Å². The number of nitrogens with zero attached hydrogens (tertiary/aromatic N) is 2. The molecule has 2 aromatic carbocycles. The molecule has 0 saturated heterocycles. The van der Waals surface area contributed by atoms with Crippen molar-refractivity contribution in [2.45, 2.75) is 6.54 Å². The molecule has 5 nitrogen and oxygen atoms in total. The van der Waals surface area contributed by atoms with Crippen LogP contribution in [0.1, 0.15) is 11.1 Å². The molecule has 106 valence electrons. The summed E-state index contributed by atoms with van der Waals surface area (Å²) in [5, 5.41) is 23.3. The van der Waals surface area contributed by atoms with Crippen molar-refractivity contribution in [1.29, 1.82) is 5.26 Å². The minimum atomic E-state index is -0.443. The Balaban J connectivity index is 2.22. The first-order valence-electron chi connectivity index (χ1n) is 5.87. The van der Waals surface area contributed by atoms with Gasteiger partial charge in [-0.3, -0.25) is 10.1 Å². The van der Waals surface area contributed by atoms with Crippen LogP contribution in [0.25, 0.3) is 0 Å². The van der Waals surface area contributed by atoms with E-state index in [1.165, 1.54) is 12.1 Å². The number of hydrogen-bond acceptors (Lipinski definition) is 4. The van der Waals surface area contributed by atoms with Crippen LogP contribution in [0.5, 0.6) is 0 Å². The van der Waals surface area contributed by atoms with Gasteiger partial charge in [0.1, 0.15) is 0 Å². The second-order valence-corrected chi connectivity index (χ2v) is 5.48. The summed E-state index contributed by atoms with van der Waals surface area (Å²) < 4.78 is 0.714. The van der Waals surface area contributed by atoms with Crippen molar-refractivity contribution in [1.82, 2.24) is 0 Å². The Hall–Kier alpha value is -2.10. The maximum Gasteiger partial charge on any atom is 0.274 e. The lowest BCUT2D eigenvalue weighted by Crippen LogP contribution is -2.03. The molecule has 21 heavy (non-hydrogen) atoms. The highest BCUT2D eigenvalue weighted by atomic mass is 79.9. The maximum absolute atomic E-state index is 11.0. The molecule has 0 aliphatic rings. The van der Waals surface area contributed by atoms with Gasteiger partial charge < -0.3 is 5.32 Å². The number of nitro benzene ring substituents is 1. The second-order valence-electron chi connectivity index (χ2n) is 4.19. The van der Waals surface area contributed by atoms with Gasteiger partial charge in [-0.25, -0.2) is 0 Å². The summed E-state index contributed by atoms with van der Waals surface area (Å²) >= 11 is 9.23. The summed E-state index contributed by atoms with van der Waals surface area (Å²) in [7, 11) is 0.